The van der Waals surface area contributed by atoms with Crippen molar-refractivity contribution in [3.8, 4) is 0 Å². The standard InChI is InChI=1S/C12H11F3N4OS/c13-12(14,15)9-3-7(1-2-10(9)19-16)11(20)18-5-8-4-17-6-21-8/h1-4,6,19H,5,16H2,(H,18,20). The predicted molar refractivity (Wildman–Crippen MR) is 72.5 cm³/mol. The molecule has 21 heavy (non-hydrogen) atoms. The molecule has 0 saturated carbocycles. The van der Waals surface area contributed by atoms with Crippen molar-refractivity contribution >= 4 is 22.9 Å². The second kappa shape index (κ2) is 6.10. The molecule has 2 aromatic rings. The quantitative estimate of drug-likeness (QED) is 0.597. The number of hydrazine groups is 1. The summed E-state index contributed by atoms with van der Waals surface area (Å²) >= 11 is 1.34. The van der Waals surface area contributed by atoms with Gasteiger partial charge in [-0.3, -0.25) is 15.6 Å². The Morgan fingerprint density at radius 2 is 2.14 bits per heavy atom. The molecule has 0 fully saturated rings. The van der Waals surface area contributed by atoms with Crippen molar-refractivity contribution in [2.75, 3.05) is 5.43 Å². The summed E-state index contributed by atoms with van der Waals surface area (Å²) in [5.74, 6) is 4.44. The van der Waals surface area contributed by atoms with Gasteiger partial charge in [-0.2, -0.15) is 13.2 Å². The number of rotatable bonds is 4. The number of nitrogen functional groups attached to an aromatic ring is 1. The smallest absolute Gasteiger partial charge is 0.347 e. The highest BCUT2D eigenvalue weighted by Crippen LogP contribution is 2.35. The molecule has 1 aromatic heterocycles. The van der Waals surface area contributed by atoms with E-state index >= 15 is 0 Å². The second-order valence-electron chi connectivity index (χ2n) is 4.05. The average molecular weight is 316 g/mol. The molecule has 1 aromatic carbocycles. The van der Waals surface area contributed by atoms with Crippen LogP contribution in [0.3, 0.4) is 0 Å². The third kappa shape index (κ3) is 3.70. The summed E-state index contributed by atoms with van der Waals surface area (Å²) in [5.41, 5.74) is 2.19. The van der Waals surface area contributed by atoms with E-state index in [1.165, 1.54) is 17.4 Å². The number of thiazole rings is 1. The maximum absolute atomic E-state index is 12.9. The number of halogens is 3. The minimum absolute atomic E-state index is 0.0918. The number of amides is 1. The van der Waals surface area contributed by atoms with Gasteiger partial charge < -0.3 is 10.7 Å². The number of hydrogen-bond acceptors (Lipinski definition) is 5. The molecule has 0 aliphatic carbocycles. The first-order valence-electron chi connectivity index (χ1n) is 5.75. The van der Waals surface area contributed by atoms with E-state index in [4.69, 9.17) is 5.84 Å². The molecule has 0 aliphatic rings. The number of nitrogens with two attached hydrogens (primary N) is 1. The molecule has 0 saturated heterocycles. The predicted octanol–water partition coefficient (Wildman–Crippen LogP) is 2.38. The van der Waals surface area contributed by atoms with Crippen LogP contribution >= 0.6 is 11.3 Å². The molecule has 0 atom stereocenters. The second-order valence-corrected chi connectivity index (χ2v) is 5.02. The van der Waals surface area contributed by atoms with Crippen molar-refractivity contribution in [2.24, 2.45) is 5.84 Å². The van der Waals surface area contributed by atoms with Crippen molar-refractivity contribution in [3.63, 3.8) is 0 Å². The molecular formula is C12H11F3N4OS. The minimum atomic E-state index is -4.60. The Balaban J connectivity index is 2.17. The number of benzene rings is 1. The largest absolute Gasteiger partial charge is 0.418 e. The summed E-state index contributed by atoms with van der Waals surface area (Å²) < 4.78 is 38.6. The van der Waals surface area contributed by atoms with E-state index in [0.29, 0.717) is 0 Å². The molecule has 9 heteroatoms. The molecule has 0 bridgehead atoms. The lowest BCUT2D eigenvalue weighted by Crippen LogP contribution is -2.23. The molecule has 1 heterocycles. The van der Waals surface area contributed by atoms with E-state index in [1.54, 1.807) is 11.7 Å². The first-order valence-corrected chi connectivity index (χ1v) is 6.63. The Hall–Kier alpha value is -2.13. The summed E-state index contributed by atoms with van der Waals surface area (Å²) in [6.07, 6.45) is -3.02. The maximum atomic E-state index is 12.9. The summed E-state index contributed by atoms with van der Waals surface area (Å²) in [7, 11) is 0. The molecule has 0 aliphatic heterocycles. The van der Waals surface area contributed by atoms with Crippen LogP contribution in [0.1, 0.15) is 20.8 Å². The third-order valence-corrected chi connectivity index (χ3v) is 3.43. The van der Waals surface area contributed by atoms with E-state index in [0.717, 1.165) is 17.0 Å². The zero-order valence-corrected chi connectivity index (χ0v) is 11.4. The fourth-order valence-corrected chi connectivity index (χ4v) is 2.18. The number of hydrogen-bond donors (Lipinski definition) is 3. The first-order chi connectivity index (χ1) is 9.91. The molecule has 0 radical (unpaired) electrons. The third-order valence-electron chi connectivity index (χ3n) is 2.65. The molecular weight excluding hydrogens is 305 g/mol. The molecule has 112 valence electrons. The summed E-state index contributed by atoms with van der Waals surface area (Å²) in [4.78, 5) is 16.5. The fraction of sp³-hybridized carbons (Fsp3) is 0.167. The number of alkyl halides is 3. The monoisotopic (exact) mass is 316 g/mol. The molecule has 0 spiro atoms. The number of nitrogens with one attached hydrogen (secondary N) is 2. The van der Waals surface area contributed by atoms with Crippen molar-refractivity contribution < 1.29 is 18.0 Å². The zero-order chi connectivity index (χ0) is 15.5. The van der Waals surface area contributed by atoms with Gasteiger partial charge in [0.15, 0.2) is 0 Å². The van der Waals surface area contributed by atoms with Gasteiger partial charge >= 0.3 is 6.18 Å². The number of nitrogens with zero attached hydrogens (tertiary/aromatic N) is 1. The van der Waals surface area contributed by atoms with E-state index in [2.05, 4.69) is 10.3 Å². The zero-order valence-electron chi connectivity index (χ0n) is 10.6. The lowest BCUT2D eigenvalue weighted by molar-refractivity contribution is -0.137. The van der Waals surface area contributed by atoms with E-state index in [9.17, 15) is 18.0 Å². The average Bonchev–Trinajstić information content (AvgIpc) is 2.96. The normalized spacial score (nSPS) is 11.2. The van der Waals surface area contributed by atoms with Crippen LogP contribution < -0.4 is 16.6 Å². The molecule has 4 N–H and O–H groups in total. The van der Waals surface area contributed by atoms with Gasteiger partial charge in [0.25, 0.3) is 5.91 Å². The van der Waals surface area contributed by atoms with Crippen LogP contribution in [0.5, 0.6) is 0 Å². The number of carbonyl (C=O) groups is 1. The van der Waals surface area contributed by atoms with Crippen molar-refractivity contribution in [2.45, 2.75) is 12.7 Å². The number of carbonyl (C=O) groups excluding carboxylic acids is 1. The van der Waals surface area contributed by atoms with E-state index in [1.807, 2.05) is 5.43 Å². The van der Waals surface area contributed by atoms with E-state index < -0.39 is 17.6 Å². The topological polar surface area (TPSA) is 80.0 Å². The van der Waals surface area contributed by atoms with Gasteiger partial charge in [-0.25, -0.2) is 0 Å². The molecule has 5 nitrogen and oxygen atoms in total. The Morgan fingerprint density at radius 1 is 1.38 bits per heavy atom. The molecule has 1 amide bonds. The first kappa shape index (κ1) is 15.3. The van der Waals surface area contributed by atoms with Crippen molar-refractivity contribution in [1.82, 2.24) is 10.3 Å². The van der Waals surface area contributed by atoms with Crippen LogP contribution in [0.4, 0.5) is 18.9 Å². The lowest BCUT2D eigenvalue weighted by atomic mass is 10.1. The van der Waals surface area contributed by atoms with Crippen LogP contribution in [0.25, 0.3) is 0 Å². The molecule has 0 unspecified atom stereocenters. The van der Waals surface area contributed by atoms with Gasteiger partial charge in [-0.05, 0) is 18.2 Å². The number of aromatic nitrogens is 1. The Kier molecular flexibility index (Phi) is 4.43. The minimum Gasteiger partial charge on any atom is -0.347 e. The highest BCUT2D eigenvalue weighted by Gasteiger charge is 2.34. The highest BCUT2D eigenvalue weighted by atomic mass is 32.1. The molecule has 2 rings (SSSR count). The van der Waals surface area contributed by atoms with E-state index in [-0.39, 0.29) is 17.8 Å². The van der Waals surface area contributed by atoms with Gasteiger partial charge in [0.1, 0.15) is 0 Å². The van der Waals surface area contributed by atoms with Crippen LogP contribution in [0.15, 0.2) is 29.9 Å². The van der Waals surface area contributed by atoms with Crippen LogP contribution in [0.2, 0.25) is 0 Å². The van der Waals surface area contributed by atoms with Gasteiger partial charge in [-0.15, -0.1) is 11.3 Å². The Bertz CT molecular complexity index is 628. The highest BCUT2D eigenvalue weighted by molar-refractivity contribution is 7.09. The van der Waals surface area contributed by atoms with Crippen LogP contribution in [0, 0.1) is 0 Å². The van der Waals surface area contributed by atoms with Gasteiger partial charge in [0.2, 0.25) is 0 Å². The van der Waals surface area contributed by atoms with Gasteiger partial charge in [0.05, 0.1) is 23.3 Å². The van der Waals surface area contributed by atoms with Crippen LogP contribution in [-0.4, -0.2) is 10.9 Å². The lowest BCUT2D eigenvalue weighted by Gasteiger charge is -2.13. The van der Waals surface area contributed by atoms with Gasteiger partial charge in [-0.1, -0.05) is 0 Å². The Labute approximate surface area is 122 Å². The van der Waals surface area contributed by atoms with Crippen molar-refractivity contribution in [3.05, 3.63) is 45.9 Å². The SMILES string of the molecule is NNc1ccc(C(=O)NCc2cncs2)cc1C(F)(F)F. The number of anilines is 1. The van der Waals surface area contributed by atoms with Gasteiger partial charge in [0, 0.05) is 16.6 Å². The Morgan fingerprint density at radius 3 is 2.71 bits per heavy atom. The van der Waals surface area contributed by atoms with Crippen LogP contribution in [-0.2, 0) is 12.7 Å². The van der Waals surface area contributed by atoms with Crippen molar-refractivity contribution in [1.29, 1.82) is 0 Å². The summed E-state index contributed by atoms with van der Waals surface area (Å²) in [6.45, 7) is 0.210. The summed E-state index contributed by atoms with van der Waals surface area (Å²) in [5, 5.41) is 2.53. The summed E-state index contributed by atoms with van der Waals surface area (Å²) in [6, 6.07) is 3.15. The maximum Gasteiger partial charge on any atom is 0.418 e. The fourth-order valence-electron chi connectivity index (χ4n) is 1.64.